The average molecular weight is 215 g/mol. The molecule has 0 aliphatic heterocycles. The molecule has 1 heterocycles. The van der Waals surface area contributed by atoms with Crippen molar-refractivity contribution < 1.29 is 0 Å². The molecule has 0 radical (unpaired) electrons. The maximum Gasteiger partial charge on any atom is 0.0688 e. The maximum absolute atomic E-state index is 5.92. The number of nitrogens with zero attached hydrogens (tertiary/aromatic N) is 2. The number of benzene rings is 1. The number of rotatable bonds is 2. The zero-order valence-electron chi connectivity index (χ0n) is 9.94. The van der Waals surface area contributed by atoms with Gasteiger partial charge in [-0.2, -0.15) is 5.10 Å². The van der Waals surface area contributed by atoms with Crippen LogP contribution in [0.25, 0.3) is 11.3 Å². The molecular weight excluding hydrogens is 198 g/mol. The molecule has 2 aromatic rings. The SMILES string of the molecule is Cc1c(N)cccc1-c1ccnn1C(C)C. The van der Waals surface area contributed by atoms with Gasteiger partial charge in [-0.25, -0.2) is 0 Å². The molecule has 0 bridgehead atoms. The van der Waals surface area contributed by atoms with Crippen molar-refractivity contribution in [3.05, 3.63) is 36.0 Å². The van der Waals surface area contributed by atoms with Crippen LogP contribution in [0.3, 0.4) is 0 Å². The summed E-state index contributed by atoms with van der Waals surface area (Å²) in [6.45, 7) is 6.29. The molecule has 1 aromatic heterocycles. The molecule has 3 nitrogen and oxygen atoms in total. The first kappa shape index (κ1) is 10.7. The van der Waals surface area contributed by atoms with E-state index in [2.05, 4.69) is 25.0 Å². The smallest absolute Gasteiger partial charge is 0.0688 e. The fraction of sp³-hybridized carbons (Fsp3) is 0.308. The average Bonchev–Trinajstić information content (AvgIpc) is 2.70. The third-order valence-electron chi connectivity index (χ3n) is 2.81. The number of nitrogen functional groups attached to an aromatic ring is 1. The highest BCUT2D eigenvalue weighted by molar-refractivity contribution is 5.70. The van der Waals surface area contributed by atoms with Gasteiger partial charge in [0.15, 0.2) is 0 Å². The van der Waals surface area contributed by atoms with Gasteiger partial charge in [0.25, 0.3) is 0 Å². The lowest BCUT2D eigenvalue weighted by atomic mass is 10.0. The molecule has 0 saturated carbocycles. The van der Waals surface area contributed by atoms with Crippen molar-refractivity contribution in [2.75, 3.05) is 5.73 Å². The van der Waals surface area contributed by atoms with E-state index in [1.165, 1.54) is 0 Å². The molecule has 84 valence electrons. The molecule has 0 amide bonds. The van der Waals surface area contributed by atoms with E-state index < -0.39 is 0 Å². The molecule has 0 aliphatic carbocycles. The summed E-state index contributed by atoms with van der Waals surface area (Å²) in [6, 6.07) is 8.37. The molecule has 3 heteroatoms. The predicted molar refractivity (Wildman–Crippen MR) is 67.2 cm³/mol. The number of nitrogens with two attached hydrogens (primary N) is 1. The van der Waals surface area contributed by atoms with Crippen molar-refractivity contribution in [3.63, 3.8) is 0 Å². The van der Waals surface area contributed by atoms with Gasteiger partial charge in [0.05, 0.1) is 5.69 Å². The Morgan fingerprint density at radius 3 is 2.69 bits per heavy atom. The van der Waals surface area contributed by atoms with Gasteiger partial charge in [0, 0.05) is 23.5 Å². The summed E-state index contributed by atoms with van der Waals surface area (Å²) in [5, 5.41) is 4.34. The third kappa shape index (κ3) is 1.69. The highest BCUT2D eigenvalue weighted by atomic mass is 15.3. The lowest BCUT2D eigenvalue weighted by Gasteiger charge is -2.13. The summed E-state index contributed by atoms with van der Waals surface area (Å²) in [7, 11) is 0. The van der Waals surface area contributed by atoms with E-state index in [0.717, 1.165) is 22.5 Å². The number of aromatic nitrogens is 2. The summed E-state index contributed by atoms with van der Waals surface area (Å²) in [6.07, 6.45) is 1.83. The highest BCUT2D eigenvalue weighted by Gasteiger charge is 2.11. The summed E-state index contributed by atoms with van der Waals surface area (Å²) in [5.41, 5.74) is 10.2. The quantitative estimate of drug-likeness (QED) is 0.782. The van der Waals surface area contributed by atoms with Gasteiger partial charge in [0.1, 0.15) is 0 Å². The van der Waals surface area contributed by atoms with E-state index in [0.29, 0.717) is 6.04 Å². The summed E-state index contributed by atoms with van der Waals surface area (Å²) >= 11 is 0. The largest absolute Gasteiger partial charge is 0.398 e. The van der Waals surface area contributed by atoms with Crippen LogP contribution < -0.4 is 5.73 Å². The predicted octanol–water partition coefficient (Wildman–Crippen LogP) is 3.02. The topological polar surface area (TPSA) is 43.8 Å². The van der Waals surface area contributed by atoms with E-state index >= 15 is 0 Å². The van der Waals surface area contributed by atoms with Crippen LogP contribution in [-0.2, 0) is 0 Å². The maximum atomic E-state index is 5.92. The monoisotopic (exact) mass is 215 g/mol. The lowest BCUT2D eigenvalue weighted by molar-refractivity contribution is 0.538. The minimum atomic E-state index is 0.353. The molecule has 0 unspecified atom stereocenters. The summed E-state index contributed by atoms with van der Waals surface area (Å²) in [5.74, 6) is 0. The van der Waals surface area contributed by atoms with Crippen LogP contribution in [0.1, 0.15) is 25.5 Å². The van der Waals surface area contributed by atoms with Gasteiger partial charge < -0.3 is 5.73 Å². The van der Waals surface area contributed by atoms with Crippen molar-refractivity contribution in [2.45, 2.75) is 26.8 Å². The third-order valence-corrected chi connectivity index (χ3v) is 2.81. The van der Waals surface area contributed by atoms with Gasteiger partial charge in [-0.15, -0.1) is 0 Å². The Hall–Kier alpha value is -1.77. The van der Waals surface area contributed by atoms with Crippen molar-refractivity contribution in [1.29, 1.82) is 0 Å². The molecule has 0 aliphatic rings. The van der Waals surface area contributed by atoms with E-state index in [9.17, 15) is 0 Å². The summed E-state index contributed by atoms with van der Waals surface area (Å²) in [4.78, 5) is 0. The van der Waals surface area contributed by atoms with Crippen LogP contribution in [0.5, 0.6) is 0 Å². The van der Waals surface area contributed by atoms with Crippen LogP contribution in [0.4, 0.5) is 5.69 Å². The molecule has 0 atom stereocenters. The Labute approximate surface area is 95.9 Å². The van der Waals surface area contributed by atoms with Crippen LogP contribution in [0, 0.1) is 6.92 Å². The molecular formula is C13H17N3. The van der Waals surface area contributed by atoms with Gasteiger partial charge in [-0.05, 0) is 38.5 Å². The second-order valence-electron chi connectivity index (χ2n) is 4.27. The normalized spacial score (nSPS) is 11.0. The Morgan fingerprint density at radius 1 is 1.25 bits per heavy atom. The van der Waals surface area contributed by atoms with Crippen molar-refractivity contribution in [3.8, 4) is 11.3 Å². The van der Waals surface area contributed by atoms with Crippen LogP contribution in [0.2, 0.25) is 0 Å². The Kier molecular flexibility index (Phi) is 2.69. The first-order chi connectivity index (χ1) is 7.61. The molecule has 2 rings (SSSR count). The second kappa shape index (κ2) is 4.00. The van der Waals surface area contributed by atoms with E-state index in [-0.39, 0.29) is 0 Å². The number of anilines is 1. The van der Waals surface area contributed by atoms with Crippen molar-refractivity contribution in [1.82, 2.24) is 9.78 Å². The Bertz CT molecular complexity index is 498. The zero-order valence-corrected chi connectivity index (χ0v) is 9.94. The van der Waals surface area contributed by atoms with E-state index in [1.807, 2.05) is 36.0 Å². The molecule has 16 heavy (non-hydrogen) atoms. The van der Waals surface area contributed by atoms with Gasteiger partial charge in [0.2, 0.25) is 0 Å². The number of hydrogen-bond donors (Lipinski definition) is 1. The van der Waals surface area contributed by atoms with E-state index in [1.54, 1.807) is 0 Å². The van der Waals surface area contributed by atoms with Gasteiger partial charge >= 0.3 is 0 Å². The fourth-order valence-corrected chi connectivity index (χ4v) is 1.87. The first-order valence-electron chi connectivity index (χ1n) is 5.50. The van der Waals surface area contributed by atoms with Crippen LogP contribution in [0.15, 0.2) is 30.5 Å². The Morgan fingerprint density at radius 2 is 2.00 bits per heavy atom. The molecule has 1 aromatic carbocycles. The molecule has 0 spiro atoms. The van der Waals surface area contributed by atoms with Crippen LogP contribution >= 0.6 is 0 Å². The molecule has 0 fully saturated rings. The minimum absolute atomic E-state index is 0.353. The standard InChI is InChI=1S/C13H17N3/c1-9(2)16-13(7-8-15-16)11-5-4-6-12(14)10(11)3/h4-9H,14H2,1-3H3. The second-order valence-corrected chi connectivity index (χ2v) is 4.27. The lowest BCUT2D eigenvalue weighted by Crippen LogP contribution is -2.05. The van der Waals surface area contributed by atoms with Crippen molar-refractivity contribution >= 4 is 5.69 Å². The van der Waals surface area contributed by atoms with Crippen LogP contribution in [-0.4, -0.2) is 9.78 Å². The van der Waals surface area contributed by atoms with E-state index in [4.69, 9.17) is 5.73 Å². The van der Waals surface area contributed by atoms with Crippen molar-refractivity contribution in [2.24, 2.45) is 0 Å². The van der Waals surface area contributed by atoms with Gasteiger partial charge in [-0.3, -0.25) is 4.68 Å². The first-order valence-corrected chi connectivity index (χ1v) is 5.50. The fourth-order valence-electron chi connectivity index (χ4n) is 1.87. The minimum Gasteiger partial charge on any atom is -0.398 e. The zero-order chi connectivity index (χ0) is 11.7. The summed E-state index contributed by atoms with van der Waals surface area (Å²) < 4.78 is 2.02. The highest BCUT2D eigenvalue weighted by Crippen LogP contribution is 2.28. The molecule has 2 N–H and O–H groups in total. The van der Waals surface area contributed by atoms with Gasteiger partial charge in [-0.1, -0.05) is 12.1 Å². The Balaban J connectivity index is 2.59. The molecule has 0 saturated heterocycles. The number of hydrogen-bond acceptors (Lipinski definition) is 2.